The molecule has 7 heteroatoms. The average molecular weight is 324 g/mol. The standard InChI is InChI=1S/C16H19F3N4/c1-22-12-3-7-20-9-11(12)21-14(22)23-8-4-13(16(17,18)19)15(10-23)5-2-6-15/h3,7,9,13H,2,4-6,8,10H2,1H3. The molecule has 0 aromatic carbocycles. The first-order chi connectivity index (χ1) is 10.9. The van der Waals surface area contributed by atoms with E-state index in [1.54, 1.807) is 12.4 Å². The van der Waals surface area contributed by atoms with E-state index in [2.05, 4.69) is 9.97 Å². The van der Waals surface area contributed by atoms with Crippen LogP contribution >= 0.6 is 0 Å². The Hall–Kier alpha value is -1.79. The smallest absolute Gasteiger partial charge is 0.342 e. The first kappa shape index (κ1) is 14.8. The molecule has 124 valence electrons. The van der Waals surface area contributed by atoms with Crippen LogP contribution in [0.5, 0.6) is 0 Å². The van der Waals surface area contributed by atoms with E-state index >= 15 is 0 Å². The fraction of sp³-hybridized carbons (Fsp3) is 0.625. The van der Waals surface area contributed by atoms with Crippen molar-refractivity contribution in [1.82, 2.24) is 14.5 Å². The molecule has 1 atom stereocenters. The maximum absolute atomic E-state index is 13.4. The maximum atomic E-state index is 13.4. The van der Waals surface area contributed by atoms with Crippen LogP contribution in [0, 0.1) is 11.3 Å². The lowest BCUT2D eigenvalue weighted by atomic mass is 9.58. The van der Waals surface area contributed by atoms with Crippen LogP contribution < -0.4 is 4.90 Å². The fourth-order valence-corrected chi connectivity index (χ4v) is 4.30. The second kappa shape index (κ2) is 4.85. The predicted octanol–water partition coefficient (Wildman–Crippen LogP) is 3.53. The highest BCUT2D eigenvalue weighted by atomic mass is 19.4. The van der Waals surface area contributed by atoms with Crippen LogP contribution in [0.15, 0.2) is 18.5 Å². The van der Waals surface area contributed by atoms with E-state index in [1.807, 2.05) is 22.6 Å². The summed E-state index contributed by atoms with van der Waals surface area (Å²) in [5.41, 5.74) is 1.12. The van der Waals surface area contributed by atoms with Crippen molar-refractivity contribution in [1.29, 1.82) is 0 Å². The number of halogens is 3. The molecule has 23 heavy (non-hydrogen) atoms. The molecule has 2 aromatic heterocycles. The lowest BCUT2D eigenvalue weighted by Gasteiger charge is -2.54. The summed E-state index contributed by atoms with van der Waals surface area (Å²) in [5.74, 6) is -0.420. The zero-order valence-corrected chi connectivity index (χ0v) is 13.0. The second-order valence-electron chi connectivity index (χ2n) is 6.86. The number of aromatic nitrogens is 3. The van der Waals surface area contributed by atoms with Gasteiger partial charge in [0.15, 0.2) is 0 Å². The molecule has 1 aliphatic carbocycles. The van der Waals surface area contributed by atoms with Gasteiger partial charge >= 0.3 is 6.18 Å². The van der Waals surface area contributed by atoms with Gasteiger partial charge in [-0.15, -0.1) is 0 Å². The average Bonchev–Trinajstić information content (AvgIpc) is 2.82. The molecule has 0 amide bonds. The third kappa shape index (κ3) is 2.20. The molecule has 4 rings (SSSR count). The van der Waals surface area contributed by atoms with Gasteiger partial charge in [-0.05, 0) is 30.7 Å². The summed E-state index contributed by atoms with van der Waals surface area (Å²) in [6, 6.07) is 1.88. The number of imidazole rings is 1. The lowest BCUT2D eigenvalue weighted by Crippen LogP contribution is -2.57. The molecule has 2 aliphatic rings. The third-order valence-corrected chi connectivity index (χ3v) is 5.62. The number of alkyl halides is 3. The van der Waals surface area contributed by atoms with Crippen molar-refractivity contribution in [2.24, 2.45) is 18.4 Å². The van der Waals surface area contributed by atoms with E-state index in [0.29, 0.717) is 25.9 Å². The summed E-state index contributed by atoms with van der Waals surface area (Å²) in [5, 5.41) is 0. The number of nitrogens with zero attached hydrogens (tertiary/aromatic N) is 4. The SMILES string of the molecule is Cn1c(N2CCC(C(F)(F)F)C3(CCC3)C2)nc2cnccc21. The van der Waals surface area contributed by atoms with Crippen LogP contribution in [0.25, 0.3) is 11.0 Å². The zero-order valence-electron chi connectivity index (χ0n) is 13.0. The zero-order chi connectivity index (χ0) is 16.2. The highest BCUT2D eigenvalue weighted by molar-refractivity contribution is 5.77. The van der Waals surface area contributed by atoms with Crippen molar-refractivity contribution in [3.63, 3.8) is 0 Å². The minimum atomic E-state index is -4.09. The van der Waals surface area contributed by atoms with Gasteiger partial charge in [0, 0.05) is 26.3 Å². The first-order valence-corrected chi connectivity index (χ1v) is 7.99. The van der Waals surface area contributed by atoms with Gasteiger partial charge in [-0.2, -0.15) is 13.2 Å². The van der Waals surface area contributed by atoms with Crippen LogP contribution in [0.3, 0.4) is 0 Å². The Morgan fingerprint density at radius 3 is 2.70 bits per heavy atom. The summed E-state index contributed by atoms with van der Waals surface area (Å²) in [6.45, 7) is 0.846. The van der Waals surface area contributed by atoms with Gasteiger partial charge in [-0.1, -0.05) is 6.42 Å². The molecule has 1 saturated heterocycles. The molecule has 0 radical (unpaired) electrons. The van der Waals surface area contributed by atoms with Crippen LogP contribution in [0.4, 0.5) is 19.1 Å². The summed E-state index contributed by atoms with van der Waals surface area (Å²) < 4.78 is 42.1. The minimum absolute atomic E-state index is 0.158. The Morgan fingerprint density at radius 1 is 1.30 bits per heavy atom. The first-order valence-electron chi connectivity index (χ1n) is 7.99. The molecule has 1 saturated carbocycles. The van der Waals surface area contributed by atoms with E-state index in [4.69, 9.17) is 0 Å². The molecule has 2 aromatic rings. The van der Waals surface area contributed by atoms with E-state index in [9.17, 15) is 13.2 Å². The number of rotatable bonds is 1. The van der Waals surface area contributed by atoms with Crippen molar-refractivity contribution in [3.8, 4) is 0 Å². The number of pyridine rings is 1. The Balaban J connectivity index is 1.67. The molecule has 0 N–H and O–H groups in total. The van der Waals surface area contributed by atoms with Gasteiger partial charge in [-0.3, -0.25) is 4.98 Å². The summed E-state index contributed by atoms with van der Waals surface area (Å²) in [6.07, 6.45) is 1.69. The molecular weight excluding hydrogens is 305 g/mol. The predicted molar refractivity (Wildman–Crippen MR) is 81.2 cm³/mol. The van der Waals surface area contributed by atoms with Crippen molar-refractivity contribution in [2.75, 3.05) is 18.0 Å². The highest BCUT2D eigenvalue weighted by Gasteiger charge is 2.58. The largest absolute Gasteiger partial charge is 0.392 e. The fourth-order valence-electron chi connectivity index (χ4n) is 4.30. The molecule has 1 spiro atoms. The van der Waals surface area contributed by atoms with E-state index in [-0.39, 0.29) is 6.42 Å². The molecule has 0 bridgehead atoms. The van der Waals surface area contributed by atoms with Crippen molar-refractivity contribution >= 4 is 17.0 Å². The number of fused-ring (bicyclic) bond motifs is 1. The molecule has 2 fully saturated rings. The molecule has 1 aliphatic heterocycles. The highest BCUT2D eigenvalue weighted by Crippen LogP contribution is 2.56. The molecule has 4 nitrogen and oxygen atoms in total. The van der Waals surface area contributed by atoms with Gasteiger partial charge in [0.05, 0.1) is 17.6 Å². The van der Waals surface area contributed by atoms with Crippen molar-refractivity contribution in [2.45, 2.75) is 31.9 Å². The quantitative estimate of drug-likeness (QED) is 0.805. The topological polar surface area (TPSA) is 34.0 Å². The second-order valence-corrected chi connectivity index (χ2v) is 6.86. The maximum Gasteiger partial charge on any atom is 0.392 e. The minimum Gasteiger partial charge on any atom is -0.342 e. The van der Waals surface area contributed by atoms with E-state index in [0.717, 1.165) is 23.4 Å². The number of hydrogen-bond donors (Lipinski definition) is 0. The van der Waals surface area contributed by atoms with Crippen molar-refractivity contribution in [3.05, 3.63) is 18.5 Å². The normalized spacial score (nSPS) is 24.2. The van der Waals surface area contributed by atoms with Crippen LogP contribution in [0.1, 0.15) is 25.7 Å². The number of anilines is 1. The van der Waals surface area contributed by atoms with Crippen LogP contribution in [-0.4, -0.2) is 33.8 Å². The van der Waals surface area contributed by atoms with Gasteiger partial charge in [-0.25, -0.2) is 4.98 Å². The number of aryl methyl sites for hydroxylation is 1. The van der Waals surface area contributed by atoms with Crippen molar-refractivity contribution < 1.29 is 13.2 Å². The van der Waals surface area contributed by atoms with Crippen LogP contribution in [-0.2, 0) is 7.05 Å². The Morgan fingerprint density at radius 2 is 2.09 bits per heavy atom. The lowest BCUT2D eigenvalue weighted by molar-refractivity contribution is -0.225. The number of piperidine rings is 1. The van der Waals surface area contributed by atoms with Gasteiger partial charge in [0.2, 0.25) is 5.95 Å². The Kier molecular flexibility index (Phi) is 3.12. The van der Waals surface area contributed by atoms with Gasteiger partial charge < -0.3 is 9.47 Å². The van der Waals surface area contributed by atoms with Gasteiger partial charge in [0.1, 0.15) is 5.52 Å². The third-order valence-electron chi connectivity index (χ3n) is 5.62. The summed E-state index contributed by atoms with van der Waals surface area (Å²) in [4.78, 5) is 10.7. The molecule has 1 unspecified atom stereocenters. The molecular formula is C16H19F3N4. The number of hydrogen-bond acceptors (Lipinski definition) is 3. The van der Waals surface area contributed by atoms with Crippen LogP contribution in [0.2, 0.25) is 0 Å². The van der Waals surface area contributed by atoms with Gasteiger partial charge in [0.25, 0.3) is 0 Å². The Bertz CT molecular complexity index is 732. The monoisotopic (exact) mass is 324 g/mol. The van der Waals surface area contributed by atoms with E-state index in [1.165, 1.54) is 0 Å². The summed E-state index contributed by atoms with van der Waals surface area (Å²) in [7, 11) is 1.91. The molecule has 3 heterocycles. The Labute approximate surface area is 132 Å². The van der Waals surface area contributed by atoms with E-state index < -0.39 is 17.5 Å². The summed E-state index contributed by atoms with van der Waals surface area (Å²) >= 11 is 0.